The average Bonchev–Trinajstić information content (AvgIpc) is 2.54. The number of rotatable bonds is 1. The van der Waals surface area contributed by atoms with Gasteiger partial charge in [0, 0.05) is 0 Å². The van der Waals surface area contributed by atoms with Crippen LogP contribution in [0.25, 0.3) is 21.5 Å². The molecule has 3 aromatic rings. The molecular formula is C19H15NO. The molecule has 0 amide bonds. The molecule has 3 aromatic carbocycles. The summed E-state index contributed by atoms with van der Waals surface area (Å²) in [7, 11) is 0. The van der Waals surface area contributed by atoms with Gasteiger partial charge in [-0.25, -0.2) is 4.79 Å². The summed E-state index contributed by atoms with van der Waals surface area (Å²) in [6.07, 6.45) is 4.85. The van der Waals surface area contributed by atoms with Gasteiger partial charge in [0.2, 0.25) is 6.08 Å². The van der Waals surface area contributed by atoms with Crippen molar-refractivity contribution in [2.45, 2.75) is 25.3 Å². The van der Waals surface area contributed by atoms with Crippen LogP contribution in [0, 0.1) is 0 Å². The second-order valence-corrected chi connectivity index (χ2v) is 5.65. The van der Waals surface area contributed by atoms with Gasteiger partial charge >= 0.3 is 0 Å². The Labute approximate surface area is 123 Å². The van der Waals surface area contributed by atoms with E-state index >= 15 is 0 Å². The van der Waals surface area contributed by atoms with Gasteiger partial charge in [-0.2, -0.15) is 4.99 Å². The molecule has 2 nitrogen and oxygen atoms in total. The Bertz CT molecular complexity index is 891. The van der Waals surface area contributed by atoms with Gasteiger partial charge in [-0.15, -0.1) is 0 Å². The molecule has 0 saturated carbocycles. The molecule has 0 spiro atoms. The smallest absolute Gasteiger partial charge is 0.211 e. The zero-order valence-electron chi connectivity index (χ0n) is 11.7. The lowest BCUT2D eigenvalue weighted by Crippen LogP contribution is -2.08. The van der Waals surface area contributed by atoms with E-state index in [9.17, 15) is 4.79 Å². The summed E-state index contributed by atoms with van der Waals surface area (Å²) < 4.78 is 0. The molecule has 1 atom stereocenters. The average molecular weight is 273 g/mol. The molecule has 2 heteroatoms. The minimum atomic E-state index is -0.0314. The lowest BCUT2D eigenvalue weighted by molar-refractivity contribution is 0.540. The number of benzene rings is 3. The predicted molar refractivity (Wildman–Crippen MR) is 85.3 cm³/mol. The van der Waals surface area contributed by atoms with Gasteiger partial charge in [0.05, 0.1) is 6.04 Å². The van der Waals surface area contributed by atoms with Gasteiger partial charge < -0.3 is 0 Å². The summed E-state index contributed by atoms with van der Waals surface area (Å²) in [4.78, 5) is 14.8. The van der Waals surface area contributed by atoms with Gasteiger partial charge in [-0.05, 0) is 51.9 Å². The molecule has 1 unspecified atom stereocenters. The third-order valence-electron chi connectivity index (χ3n) is 4.52. The maximum absolute atomic E-state index is 10.7. The van der Waals surface area contributed by atoms with Crippen LogP contribution >= 0.6 is 0 Å². The van der Waals surface area contributed by atoms with Crippen LogP contribution < -0.4 is 0 Å². The molecule has 21 heavy (non-hydrogen) atoms. The standard InChI is InChI=1S/C19H15NO/c21-12-20-18-7-3-5-14-9-10-16-15-6-2-1-4-13(15)8-11-17(16)19(14)18/h1-2,4,6,8-11,18H,3,5,7H2. The highest BCUT2D eigenvalue weighted by molar-refractivity contribution is 6.08. The van der Waals surface area contributed by atoms with Crippen molar-refractivity contribution in [2.75, 3.05) is 0 Å². The Kier molecular flexibility index (Phi) is 2.83. The van der Waals surface area contributed by atoms with Crippen LogP contribution in [0.3, 0.4) is 0 Å². The van der Waals surface area contributed by atoms with Crippen LogP contribution in [-0.2, 0) is 11.2 Å². The number of carbonyl (C=O) groups excluding carboxylic acids is 1. The number of hydrogen-bond donors (Lipinski definition) is 0. The monoisotopic (exact) mass is 273 g/mol. The Morgan fingerprint density at radius 2 is 1.81 bits per heavy atom. The first-order valence-electron chi connectivity index (χ1n) is 7.39. The number of nitrogens with zero attached hydrogens (tertiary/aromatic N) is 1. The van der Waals surface area contributed by atoms with E-state index in [0.717, 1.165) is 19.3 Å². The fraction of sp³-hybridized carbons (Fsp3) is 0.211. The summed E-state index contributed by atoms with van der Waals surface area (Å²) in [6, 6.07) is 17.1. The zero-order chi connectivity index (χ0) is 14.2. The molecule has 1 aliphatic rings. The zero-order valence-corrected chi connectivity index (χ0v) is 11.7. The first kappa shape index (κ1) is 12.3. The second kappa shape index (κ2) is 4.83. The number of aryl methyl sites for hydroxylation is 1. The van der Waals surface area contributed by atoms with Crippen LogP contribution in [0.15, 0.2) is 53.5 Å². The van der Waals surface area contributed by atoms with Crippen LogP contribution in [0.4, 0.5) is 0 Å². The van der Waals surface area contributed by atoms with E-state index in [1.807, 2.05) is 0 Å². The first-order valence-corrected chi connectivity index (χ1v) is 7.39. The fourth-order valence-corrected chi connectivity index (χ4v) is 3.59. The Morgan fingerprint density at radius 1 is 0.952 bits per heavy atom. The van der Waals surface area contributed by atoms with Crippen molar-refractivity contribution in [3.05, 3.63) is 59.7 Å². The van der Waals surface area contributed by atoms with E-state index < -0.39 is 0 Å². The number of isocyanates is 1. The van der Waals surface area contributed by atoms with Crippen LogP contribution in [0.2, 0.25) is 0 Å². The van der Waals surface area contributed by atoms with Gasteiger partial charge in [0.15, 0.2) is 0 Å². The quantitative estimate of drug-likeness (QED) is 0.359. The van der Waals surface area contributed by atoms with E-state index in [2.05, 4.69) is 53.5 Å². The molecule has 0 fully saturated rings. The Hall–Kier alpha value is -2.44. The highest BCUT2D eigenvalue weighted by Crippen LogP contribution is 2.39. The van der Waals surface area contributed by atoms with Crippen molar-refractivity contribution >= 4 is 27.6 Å². The molecule has 0 aliphatic heterocycles. The molecular weight excluding hydrogens is 258 g/mol. The maximum atomic E-state index is 10.7. The number of aliphatic imine (C=N–C) groups is 1. The summed E-state index contributed by atoms with van der Waals surface area (Å²) in [5.74, 6) is 0. The van der Waals surface area contributed by atoms with Gasteiger partial charge in [0.25, 0.3) is 0 Å². The highest BCUT2D eigenvalue weighted by Gasteiger charge is 2.22. The lowest BCUT2D eigenvalue weighted by atomic mass is 9.83. The predicted octanol–water partition coefficient (Wildman–Crippen LogP) is 4.71. The third-order valence-corrected chi connectivity index (χ3v) is 4.52. The Balaban J connectivity index is 2.11. The van der Waals surface area contributed by atoms with E-state index in [1.54, 1.807) is 6.08 Å². The molecule has 102 valence electrons. The van der Waals surface area contributed by atoms with E-state index in [0.29, 0.717) is 0 Å². The second-order valence-electron chi connectivity index (χ2n) is 5.65. The summed E-state index contributed by atoms with van der Waals surface area (Å²) >= 11 is 0. The van der Waals surface area contributed by atoms with Crippen LogP contribution in [-0.4, -0.2) is 6.08 Å². The highest BCUT2D eigenvalue weighted by atomic mass is 16.1. The van der Waals surface area contributed by atoms with Crippen molar-refractivity contribution in [3.8, 4) is 0 Å². The molecule has 0 saturated heterocycles. The SMILES string of the molecule is O=C=NC1CCCc2ccc3c(ccc4ccccc43)c21. The molecule has 1 aliphatic carbocycles. The topological polar surface area (TPSA) is 29.4 Å². The van der Waals surface area contributed by atoms with Crippen molar-refractivity contribution in [3.63, 3.8) is 0 Å². The molecule has 0 aromatic heterocycles. The molecule has 0 radical (unpaired) electrons. The van der Waals surface area contributed by atoms with Gasteiger partial charge in [-0.1, -0.05) is 48.5 Å². The van der Waals surface area contributed by atoms with Crippen molar-refractivity contribution in [1.82, 2.24) is 0 Å². The van der Waals surface area contributed by atoms with E-state index in [-0.39, 0.29) is 6.04 Å². The molecule has 0 bridgehead atoms. The normalized spacial score (nSPS) is 17.4. The molecule has 0 N–H and O–H groups in total. The van der Waals surface area contributed by atoms with E-state index in [4.69, 9.17) is 0 Å². The van der Waals surface area contributed by atoms with Crippen LogP contribution in [0.1, 0.15) is 30.0 Å². The summed E-state index contributed by atoms with van der Waals surface area (Å²) in [6.45, 7) is 0. The van der Waals surface area contributed by atoms with Crippen molar-refractivity contribution in [2.24, 2.45) is 4.99 Å². The minimum absolute atomic E-state index is 0.0314. The summed E-state index contributed by atoms with van der Waals surface area (Å²) in [5, 5.41) is 4.99. The number of fused-ring (bicyclic) bond motifs is 5. The van der Waals surface area contributed by atoms with Crippen LogP contribution in [0.5, 0.6) is 0 Å². The molecule has 0 heterocycles. The number of hydrogen-bond acceptors (Lipinski definition) is 2. The lowest BCUT2D eigenvalue weighted by Gasteiger charge is -2.23. The van der Waals surface area contributed by atoms with Crippen molar-refractivity contribution in [1.29, 1.82) is 0 Å². The van der Waals surface area contributed by atoms with Gasteiger partial charge in [0.1, 0.15) is 0 Å². The van der Waals surface area contributed by atoms with E-state index in [1.165, 1.54) is 32.7 Å². The minimum Gasteiger partial charge on any atom is -0.211 e. The van der Waals surface area contributed by atoms with Gasteiger partial charge in [-0.3, -0.25) is 0 Å². The largest absolute Gasteiger partial charge is 0.235 e. The Morgan fingerprint density at radius 3 is 2.71 bits per heavy atom. The summed E-state index contributed by atoms with van der Waals surface area (Å²) in [5.41, 5.74) is 2.56. The fourth-order valence-electron chi connectivity index (χ4n) is 3.59. The third kappa shape index (κ3) is 1.88. The van der Waals surface area contributed by atoms with Crippen molar-refractivity contribution < 1.29 is 4.79 Å². The first-order chi connectivity index (χ1) is 10.4. The molecule has 4 rings (SSSR count). The maximum Gasteiger partial charge on any atom is 0.235 e.